The lowest BCUT2D eigenvalue weighted by Gasteiger charge is -2.31. The third-order valence-corrected chi connectivity index (χ3v) is 3.22. The predicted molar refractivity (Wildman–Crippen MR) is 74.8 cm³/mol. The van der Waals surface area contributed by atoms with Crippen LogP contribution >= 0.6 is 0 Å². The van der Waals surface area contributed by atoms with Crippen molar-refractivity contribution in [3.63, 3.8) is 0 Å². The largest absolute Gasteiger partial charge is 0.320 e. The van der Waals surface area contributed by atoms with Crippen LogP contribution < -0.4 is 0 Å². The van der Waals surface area contributed by atoms with Crippen LogP contribution in [0.5, 0.6) is 0 Å². The second kappa shape index (κ2) is 3.63. The van der Waals surface area contributed by atoms with E-state index >= 15 is 0 Å². The van der Waals surface area contributed by atoms with Gasteiger partial charge < -0.3 is 4.40 Å². The van der Waals surface area contributed by atoms with E-state index in [9.17, 15) is 0 Å². The van der Waals surface area contributed by atoms with Gasteiger partial charge in [-0.25, -0.2) is 0 Å². The summed E-state index contributed by atoms with van der Waals surface area (Å²) < 4.78 is 2.33. The number of pyridine rings is 1. The van der Waals surface area contributed by atoms with E-state index in [0.29, 0.717) is 0 Å². The molecule has 2 aromatic heterocycles. The Kier molecular flexibility index (Phi) is 2.61. The van der Waals surface area contributed by atoms with Gasteiger partial charge in [-0.15, -0.1) is 0 Å². The van der Waals surface area contributed by atoms with E-state index in [0.717, 1.165) is 0 Å². The van der Waals surface area contributed by atoms with Gasteiger partial charge in [0, 0.05) is 22.8 Å². The minimum atomic E-state index is 0.154. The Morgan fingerprint density at radius 2 is 1.47 bits per heavy atom. The molecule has 1 heteroatoms. The molecule has 0 spiro atoms. The summed E-state index contributed by atoms with van der Waals surface area (Å²) in [6.07, 6.45) is 2.17. The lowest BCUT2D eigenvalue weighted by atomic mass is 9.78. The fourth-order valence-corrected chi connectivity index (χ4v) is 2.48. The van der Waals surface area contributed by atoms with Gasteiger partial charge in [0.2, 0.25) is 0 Å². The molecule has 2 heterocycles. The summed E-state index contributed by atoms with van der Waals surface area (Å²) in [4.78, 5) is 0. The fourth-order valence-electron chi connectivity index (χ4n) is 2.48. The van der Waals surface area contributed by atoms with Crippen molar-refractivity contribution in [1.29, 1.82) is 0 Å². The predicted octanol–water partition coefficient (Wildman–Crippen LogP) is 4.53. The minimum absolute atomic E-state index is 0.154. The highest BCUT2D eigenvalue weighted by molar-refractivity contribution is 5.53. The molecule has 92 valence electrons. The maximum Gasteiger partial charge on any atom is 0.0453 e. The van der Waals surface area contributed by atoms with Gasteiger partial charge in [-0.05, 0) is 29.2 Å². The van der Waals surface area contributed by atoms with Crippen molar-refractivity contribution in [3.05, 3.63) is 41.7 Å². The van der Waals surface area contributed by atoms with E-state index in [1.807, 2.05) is 0 Å². The van der Waals surface area contributed by atoms with Gasteiger partial charge in [0.05, 0.1) is 0 Å². The molecule has 0 radical (unpaired) electrons. The molecule has 0 amide bonds. The molecular weight excluding hydrogens is 206 g/mol. The highest BCUT2D eigenvalue weighted by Gasteiger charge is 2.27. The van der Waals surface area contributed by atoms with Crippen molar-refractivity contribution in [2.75, 3.05) is 0 Å². The van der Waals surface area contributed by atoms with Crippen molar-refractivity contribution < 1.29 is 0 Å². The average Bonchev–Trinajstić information content (AvgIpc) is 2.59. The van der Waals surface area contributed by atoms with Crippen LogP contribution in [-0.4, -0.2) is 4.40 Å². The molecule has 0 fully saturated rings. The van der Waals surface area contributed by atoms with E-state index < -0.39 is 0 Å². The van der Waals surface area contributed by atoms with E-state index in [2.05, 4.69) is 76.4 Å². The Hall–Kier alpha value is -1.24. The zero-order valence-corrected chi connectivity index (χ0v) is 11.8. The number of aromatic nitrogens is 1. The molecule has 0 unspecified atom stereocenters. The first kappa shape index (κ1) is 12.2. The highest BCUT2D eigenvalue weighted by Crippen LogP contribution is 2.34. The van der Waals surface area contributed by atoms with E-state index in [1.165, 1.54) is 16.8 Å². The molecule has 0 aliphatic rings. The SMILES string of the molecule is CC(C)(C)c1ccc2cccn2c1C(C)(C)C. The molecule has 0 bridgehead atoms. The first-order valence-corrected chi connectivity index (χ1v) is 6.32. The lowest BCUT2D eigenvalue weighted by Crippen LogP contribution is -2.25. The molecule has 0 aliphatic carbocycles. The average molecular weight is 229 g/mol. The molecule has 0 atom stereocenters. The molecule has 2 aromatic rings. The zero-order chi connectivity index (χ0) is 12.8. The summed E-state index contributed by atoms with van der Waals surface area (Å²) in [5.41, 5.74) is 4.48. The van der Waals surface area contributed by atoms with Gasteiger partial charge in [0.1, 0.15) is 0 Å². The van der Waals surface area contributed by atoms with Crippen LogP contribution in [0.1, 0.15) is 52.8 Å². The van der Waals surface area contributed by atoms with Crippen molar-refractivity contribution in [2.24, 2.45) is 0 Å². The minimum Gasteiger partial charge on any atom is -0.320 e. The van der Waals surface area contributed by atoms with Crippen LogP contribution in [0, 0.1) is 0 Å². The smallest absolute Gasteiger partial charge is 0.0453 e. The Balaban J connectivity index is 2.85. The highest BCUT2D eigenvalue weighted by atomic mass is 14.9. The van der Waals surface area contributed by atoms with Gasteiger partial charge in [-0.1, -0.05) is 47.6 Å². The molecule has 17 heavy (non-hydrogen) atoms. The molecule has 0 saturated carbocycles. The van der Waals surface area contributed by atoms with Gasteiger partial charge in [-0.3, -0.25) is 0 Å². The topological polar surface area (TPSA) is 4.41 Å². The second-order valence-corrected chi connectivity index (χ2v) is 6.90. The van der Waals surface area contributed by atoms with Crippen LogP contribution in [0.3, 0.4) is 0 Å². The quantitative estimate of drug-likeness (QED) is 0.625. The molecular formula is C16H23N. The first-order chi connectivity index (χ1) is 7.71. The zero-order valence-electron chi connectivity index (χ0n) is 11.8. The lowest BCUT2D eigenvalue weighted by molar-refractivity contribution is 0.508. The summed E-state index contributed by atoms with van der Waals surface area (Å²) in [6, 6.07) is 8.80. The van der Waals surface area contributed by atoms with E-state index in [4.69, 9.17) is 0 Å². The Morgan fingerprint density at radius 3 is 2.00 bits per heavy atom. The summed E-state index contributed by atoms with van der Waals surface area (Å²) in [6.45, 7) is 13.7. The van der Waals surface area contributed by atoms with Crippen molar-refractivity contribution in [2.45, 2.75) is 52.4 Å². The number of nitrogens with zero attached hydrogens (tertiary/aromatic N) is 1. The first-order valence-electron chi connectivity index (χ1n) is 6.32. The second-order valence-electron chi connectivity index (χ2n) is 6.90. The van der Waals surface area contributed by atoms with Gasteiger partial charge in [0.25, 0.3) is 0 Å². The molecule has 0 aliphatic heterocycles. The van der Waals surface area contributed by atoms with Gasteiger partial charge >= 0.3 is 0 Å². The fraction of sp³-hybridized carbons (Fsp3) is 0.500. The third-order valence-electron chi connectivity index (χ3n) is 3.22. The van der Waals surface area contributed by atoms with Crippen molar-refractivity contribution in [3.8, 4) is 0 Å². The maximum absolute atomic E-state index is 2.33. The Labute approximate surface area is 104 Å². The summed E-state index contributed by atoms with van der Waals surface area (Å²) in [5, 5.41) is 0. The number of hydrogen-bond acceptors (Lipinski definition) is 0. The Bertz CT molecular complexity index is 533. The molecule has 0 saturated heterocycles. The van der Waals surface area contributed by atoms with Gasteiger partial charge in [0.15, 0.2) is 0 Å². The number of fused-ring (bicyclic) bond motifs is 1. The maximum atomic E-state index is 2.33. The summed E-state index contributed by atoms with van der Waals surface area (Å²) in [7, 11) is 0. The van der Waals surface area contributed by atoms with E-state index in [1.54, 1.807) is 0 Å². The normalized spacial score (nSPS) is 13.3. The van der Waals surface area contributed by atoms with Crippen LogP contribution in [0.25, 0.3) is 5.52 Å². The number of hydrogen-bond donors (Lipinski definition) is 0. The molecule has 2 rings (SSSR count). The molecule has 0 N–H and O–H groups in total. The summed E-state index contributed by atoms with van der Waals surface area (Å²) >= 11 is 0. The van der Waals surface area contributed by atoms with Crippen LogP contribution in [0.15, 0.2) is 30.5 Å². The monoisotopic (exact) mass is 229 g/mol. The van der Waals surface area contributed by atoms with Crippen LogP contribution in [0.4, 0.5) is 0 Å². The van der Waals surface area contributed by atoms with Crippen LogP contribution in [0.2, 0.25) is 0 Å². The summed E-state index contributed by atoms with van der Waals surface area (Å²) in [5.74, 6) is 0. The van der Waals surface area contributed by atoms with Gasteiger partial charge in [-0.2, -0.15) is 0 Å². The van der Waals surface area contributed by atoms with Crippen molar-refractivity contribution in [1.82, 2.24) is 4.40 Å². The number of rotatable bonds is 0. The van der Waals surface area contributed by atoms with E-state index in [-0.39, 0.29) is 10.8 Å². The van der Waals surface area contributed by atoms with Crippen LogP contribution in [-0.2, 0) is 10.8 Å². The molecule has 0 aromatic carbocycles. The van der Waals surface area contributed by atoms with Crippen molar-refractivity contribution >= 4 is 5.52 Å². The molecule has 1 nitrogen and oxygen atoms in total. The third kappa shape index (κ3) is 2.11. The Morgan fingerprint density at radius 1 is 0.824 bits per heavy atom. The standard InChI is InChI=1S/C16H23N/c1-15(2,3)13-10-9-12-8-7-11-17(12)14(13)16(4,5)6/h7-11H,1-6H3.